The van der Waals surface area contributed by atoms with Gasteiger partial charge in [-0.15, -0.1) is 0 Å². The highest BCUT2D eigenvalue weighted by atomic mass is 19.1. The molecule has 5 rings (SSSR count). The van der Waals surface area contributed by atoms with Crippen LogP contribution in [0.4, 0.5) is 14.5 Å². The zero-order chi connectivity index (χ0) is 23.7. The van der Waals surface area contributed by atoms with Crippen LogP contribution in [0.15, 0.2) is 65.6 Å². The second kappa shape index (κ2) is 9.21. The van der Waals surface area contributed by atoms with Gasteiger partial charge in [-0.3, -0.25) is 9.78 Å². The van der Waals surface area contributed by atoms with Crippen molar-refractivity contribution in [2.24, 2.45) is 5.92 Å². The van der Waals surface area contributed by atoms with E-state index in [1.807, 2.05) is 4.57 Å². The topological polar surface area (TPSA) is 64.2 Å². The van der Waals surface area contributed by atoms with Crippen molar-refractivity contribution in [1.82, 2.24) is 14.5 Å². The third-order valence-corrected chi connectivity index (χ3v) is 6.35. The quantitative estimate of drug-likeness (QED) is 0.355. The molecular weight excluding hydrogens is 438 g/mol. The molecule has 3 heterocycles. The number of carbonyl (C=O) groups excluding carboxylic acids is 1. The second-order valence-corrected chi connectivity index (χ2v) is 8.61. The molecule has 0 saturated heterocycles. The van der Waals surface area contributed by atoms with Gasteiger partial charge >= 0.3 is 0 Å². The first-order chi connectivity index (χ1) is 16.5. The summed E-state index contributed by atoms with van der Waals surface area (Å²) in [6, 6.07) is 10.9. The SMILES string of the molecule is CN(C(=O)c1ccc(-c2c(-c3ccc(F)cc3)ncn2CC2CCCC2)o1)c1ccncc1F. The molecule has 6 nitrogen and oxygen atoms in total. The van der Waals surface area contributed by atoms with Crippen LogP contribution in [-0.4, -0.2) is 27.5 Å². The molecule has 0 bridgehead atoms. The maximum absolute atomic E-state index is 14.1. The first kappa shape index (κ1) is 22.0. The van der Waals surface area contributed by atoms with Crippen molar-refractivity contribution < 1.29 is 18.0 Å². The Labute approximate surface area is 195 Å². The van der Waals surface area contributed by atoms with Crippen molar-refractivity contribution in [2.75, 3.05) is 11.9 Å². The Hall–Kier alpha value is -3.81. The molecule has 0 aliphatic heterocycles. The molecule has 0 N–H and O–H groups in total. The van der Waals surface area contributed by atoms with Crippen LogP contribution in [0, 0.1) is 17.6 Å². The molecule has 0 spiro atoms. The van der Waals surface area contributed by atoms with Gasteiger partial charge in [0.25, 0.3) is 5.91 Å². The number of pyridine rings is 1. The third-order valence-electron chi connectivity index (χ3n) is 6.35. The van der Waals surface area contributed by atoms with Gasteiger partial charge in [0.1, 0.15) is 11.5 Å². The largest absolute Gasteiger partial charge is 0.449 e. The molecule has 0 atom stereocenters. The molecule has 1 aromatic carbocycles. The summed E-state index contributed by atoms with van der Waals surface area (Å²) < 4.78 is 35.7. The van der Waals surface area contributed by atoms with Crippen molar-refractivity contribution in [3.63, 3.8) is 0 Å². The van der Waals surface area contributed by atoms with Crippen LogP contribution >= 0.6 is 0 Å². The minimum atomic E-state index is -0.599. The molecule has 1 aliphatic rings. The van der Waals surface area contributed by atoms with Crippen LogP contribution in [0.3, 0.4) is 0 Å². The summed E-state index contributed by atoms with van der Waals surface area (Å²) in [5, 5.41) is 0. The summed E-state index contributed by atoms with van der Waals surface area (Å²) in [6.07, 6.45) is 9.01. The number of anilines is 1. The first-order valence-electron chi connectivity index (χ1n) is 11.3. The van der Waals surface area contributed by atoms with E-state index in [0.29, 0.717) is 17.4 Å². The Balaban J connectivity index is 1.51. The molecule has 1 saturated carbocycles. The number of benzene rings is 1. The van der Waals surface area contributed by atoms with Crippen molar-refractivity contribution in [1.29, 1.82) is 0 Å². The number of hydrogen-bond donors (Lipinski definition) is 0. The van der Waals surface area contributed by atoms with Gasteiger partial charge in [-0.2, -0.15) is 0 Å². The Morgan fingerprint density at radius 3 is 2.62 bits per heavy atom. The summed E-state index contributed by atoms with van der Waals surface area (Å²) in [6.45, 7) is 0.787. The predicted molar refractivity (Wildman–Crippen MR) is 124 cm³/mol. The highest BCUT2D eigenvalue weighted by molar-refractivity contribution is 6.04. The number of nitrogens with zero attached hydrogens (tertiary/aromatic N) is 4. The van der Waals surface area contributed by atoms with E-state index in [4.69, 9.17) is 4.42 Å². The van der Waals surface area contributed by atoms with Gasteiger partial charge in [0.15, 0.2) is 17.3 Å². The molecule has 0 radical (unpaired) electrons. The lowest BCUT2D eigenvalue weighted by Gasteiger charge is -2.16. The molecule has 0 unspecified atom stereocenters. The Morgan fingerprint density at radius 2 is 1.88 bits per heavy atom. The molecule has 1 amide bonds. The van der Waals surface area contributed by atoms with E-state index in [1.165, 1.54) is 49.2 Å². The van der Waals surface area contributed by atoms with Crippen molar-refractivity contribution >= 4 is 11.6 Å². The number of carbonyl (C=O) groups is 1. The summed E-state index contributed by atoms with van der Waals surface area (Å²) >= 11 is 0. The van der Waals surface area contributed by atoms with Crippen LogP contribution in [0.1, 0.15) is 36.2 Å². The highest BCUT2D eigenvalue weighted by Gasteiger charge is 2.25. The summed E-state index contributed by atoms with van der Waals surface area (Å²) in [5.74, 6) is -0.312. The van der Waals surface area contributed by atoms with Crippen LogP contribution in [0.25, 0.3) is 22.7 Å². The van der Waals surface area contributed by atoms with Crippen LogP contribution in [-0.2, 0) is 6.54 Å². The number of aromatic nitrogens is 3. The zero-order valence-corrected chi connectivity index (χ0v) is 18.7. The average molecular weight is 463 g/mol. The standard InChI is InChI=1S/C26H24F2N4O2/c1-31(21-12-13-29-14-20(21)28)26(33)23-11-10-22(34-23)25-24(18-6-8-19(27)9-7-18)30-16-32(25)15-17-4-2-3-5-17/h6-14,16-17H,2-5,15H2,1H3. The molecule has 174 valence electrons. The highest BCUT2D eigenvalue weighted by Crippen LogP contribution is 2.35. The number of halogens is 2. The van der Waals surface area contributed by atoms with Crippen LogP contribution in [0.2, 0.25) is 0 Å². The minimum Gasteiger partial charge on any atom is -0.449 e. The fraction of sp³-hybridized carbons (Fsp3) is 0.269. The number of imidazole rings is 1. The van der Waals surface area contributed by atoms with Gasteiger partial charge in [0.05, 0.1) is 23.9 Å². The molecule has 8 heteroatoms. The number of hydrogen-bond acceptors (Lipinski definition) is 4. The Kier molecular flexibility index (Phi) is 5.96. The van der Waals surface area contributed by atoms with E-state index in [-0.39, 0.29) is 17.3 Å². The Morgan fingerprint density at radius 1 is 1.12 bits per heavy atom. The van der Waals surface area contributed by atoms with Gasteiger partial charge in [0.2, 0.25) is 0 Å². The van der Waals surface area contributed by atoms with Crippen molar-refractivity contribution in [3.05, 3.63) is 78.6 Å². The van der Waals surface area contributed by atoms with Gasteiger partial charge < -0.3 is 13.9 Å². The lowest BCUT2D eigenvalue weighted by molar-refractivity contribution is 0.0966. The molecule has 1 aliphatic carbocycles. The van der Waals surface area contributed by atoms with Crippen molar-refractivity contribution in [3.8, 4) is 22.7 Å². The number of rotatable bonds is 6. The molecular formula is C26H24F2N4O2. The lowest BCUT2D eigenvalue weighted by Crippen LogP contribution is -2.26. The number of furan rings is 1. The maximum atomic E-state index is 14.1. The van der Waals surface area contributed by atoms with E-state index < -0.39 is 11.7 Å². The molecule has 34 heavy (non-hydrogen) atoms. The van der Waals surface area contributed by atoms with Crippen LogP contribution in [0.5, 0.6) is 0 Å². The molecule has 1 fully saturated rings. The van der Waals surface area contributed by atoms with Crippen LogP contribution < -0.4 is 4.90 Å². The average Bonchev–Trinajstić information content (AvgIpc) is 3.60. The molecule has 3 aromatic heterocycles. The fourth-order valence-electron chi connectivity index (χ4n) is 4.56. The normalized spacial score (nSPS) is 14.0. The zero-order valence-electron chi connectivity index (χ0n) is 18.7. The van der Waals surface area contributed by atoms with Gasteiger partial charge in [-0.1, -0.05) is 12.8 Å². The van der Waals surface area contributed by atoms with Crippen molar-refractivity contribution in [2.45, 2.75) is 32.2 Å². The summed E-state index contributed by atoms with van der Waals surface area (Å²) in [7, 11) is 1.48. The van der Waals surface area contributed by atoms with E-state index in [2.05, 4.69) is 9.97 Å². The fourth-order valence-corrected chi connectivity index (χ4v) is 4.56. The summed E-state index contributed by atoms with van der Waals surface area (Å²) in [5.41, 5.74) is 2.24. The monoisotopic (exact) mass is 462 g/mol. The minimum absolute atomic E-state index is 0.0763. The van der Waals surface area contributed by atoms with E-state index >= 15 is 0 Å². The lowest BCUT2D eigenvalue weighted by atomic mass is 10.1. The van der Waals surface area contributed by atoms with E-state index in [9.17, 15) is 13.6 Å². The number of amides is 1. The van der Waals surface area contributed by atoms with Gasteiger partial charge in [-0.25, -0.2) is 13.8 Å². The summed E-state index contributed by atoms with van der Waals surface area (Å²) in [4.78, 5) is 22.5. The maximum Gasteiger partial charge on any atom is 0.293 e. The second-order valence-electron chi connectivity index (χ2n) is 8.61. The first-order valence-corrected chi connectivity index (χ1v) is 11.3. The third kappa shape index (κ3) is 4.23. The van der Waals surface area contributed by atoms with E-state index in [1.54, 1.807) is 30.6 Å². The smallest absolute Gasteiger partial charge is 0.293 e. The van der Waals surface area contributed by atoms with Gasteiger partial charge in [-0.05, 0) is 61.2 Å². The van der Waals surface area contributed by atoms with Gasteiger partial charge in [0, 0.05) is 25.4 Å². The van der Waals surface area contributed by atoms with E-state index in [0.717, 1.165) is 36.8 Å². The molecule has 4 aromatic rings. The Bertz CT molecular complexity index is 1310. The predicted octanol–water partition coefficient (Wildman–Crippen LogP) is 5.95.